The molecule has 0 aliphatic carbocycles. The summed E-state index contributed by atoms with van der Waals surface area (Å²) in [6, 6.07) is 5.06. The van der Waals surface area contributed by atoms with Gasteiger partial charge in [-0.3, -0.25) is 14.6 Å². The number of hydrogen-bond donors (Lipinski definition) is 0. The van der Waals surface area contributed by atoms with Crippen molar-refractivity contribution in [3.05, 3.63) is 18.2 Å². The summed E-state index contributed by atoms with van der Waals surface area (Å²) in [5, 5.41) is 0. The first kappa shape index (κ1) is 15.8. The lowest BCUT2D eigenvalue weighted by Crippen LogP contribution is -2.29. The zero-order valence-electron chi connectivity index (χ0n) is 12.4. The lowest BCUT2D eigenvalue weighted by atomic mass is 10.1. The van der Waals surface area contributed by atoms with Crippen molar-refractivity contribution < 1.29 is 28.5 Å². The van der Waals surface area contributed by atoms with Crippen LogP contribution in [0.2, 0.25) is 0 Å². The van der Waals surface area contributed by atoms with Crippen LogP contribution in [0.25, 0.3) is 0 Å². The minimum Gasteiger partial charge on any atom is -0.465 e. The summed E-state index contributed by atoms with van der Waals surface area (Å²) >= 11 is 0. The van der Waals surface area contributed by atoms with Gasteiger partial charge in [-0.05, 0) is 26.0 Å². The number of rotatable bonds is 6. The molecule has 0 atom stereocenters. The Bertz CT molecular complexity index is 565. The molecule has 7 heteroatoms. The van der Waals surface area contributed by atoms with Crippen LogP contribution in [-0.4, -0.2) is 38.2 Å². The van der Waals surface area contributed by atoms with Gasteiger partial charge in [0.2, 0.25) is 6.79 Å². The Balaban J connectivity index is 2.14. The second-order valence-corrected chi connectivity index (χ2v) is 4.30. The molecule has 118 valence electrons. The Hall–Kier alpha value is -2.57. The molecule has 0 fully saturated rings. The highest BCUT2D eigenvalue weighted by Crippen LogP contribution is 2.35. The normalized spacial score (nSPS) is 12.7. The van der Waals surface area contributed by atoms with Gasteiger partial charge in [0.1, 0.15) is 0 Å². The van der Waals surface area contributed by atoms with E-state index in [1.807, 2.05) is 0 Å². The summed E-state index contributed by atoms with van der Waals surface area (Å²) in [7, 11) is 0. The number of carbonyl (C=O) groups excluding carboxylic acids is 2. The zero-order valence-corrected chi connectivity index (χ0v) is 12.4. The first-order valence-corrected chi connectivity index (χ1v) is 6.92. The number of aliphatic imine (C=N–C) groups is 1. The van der Waals surface area contributed by atoms with Crippen LogP contribution in [0, 0.1) is 5.92 Å². The van der Waals surface area contributed by atoms with Crippen molar-refractivity contribution >= 4 is 23.8 Å². The van der Waals surface area contributed by atoms with Crippen LogP contribution in [0.15, 0.2) is 23.2 Å². The van der Waals surface area contributed by atoms with E-state index in [0.29, 0.717) is 17.2 Å². The maximum Gasteiger partial charge on any atom is 0.325 e. The Morgan fingerprint density at radius 3 is 2.45 bits per heavy atom. The minimum atomic E-state index is -1.19. The number of esters is 2. The zero-order chi connectivity index (χ0) is 15.9. The minimum absolute atomic E-state index is 0.163. The highest BCUT2D eigenvalue weighted by molar-refractivity contribution is 6.09. The number of ether oxygens (including phenoxy) is 4. The SMILES string of the molecule is CCOC(=O)C(C=Nc1ccc2c(c1)OCO2)C(=O)OCC. The number of nitrogens with zero attached hydrogens (tertiary/aromatic N) is 1. The molecule has 0 amide bonds. The van der Waals surface area contributed by atoms with Crippen LogP contribution in [0.1, 0.15) is 13.8 Å². The average Bonchev–Trinajstić information content (AvgIpc) is 2.95. The molecule has 7 nitrogen and oxygen atoms in total. The summed E-state index contributed by atoms with van der Waals surface area (Å²) in [4.78, 5) is 27.7. The fourth-order valence-corrected chi connectivity index (χ4v) is 1.81. The van der Waals surface area contributed by atoms with E-state index in [1.54, 1.807) is 32.0 Å². The standard InChI is InChI=1S/C15H17NO6/c1-3-19-14(17)11(15(18)20-4-2)8-16-10-5-6-12-13(7-10)22-9-21-12/h5-8,11H,3-4,9H2,1-2H3. The van der Waals surface area contributed by atoms with Crippen molar-refractivity contribution in [3.8, 4) is 11.5 Å². The van der Waals surface area contributed by atoms with Gasteiger partial charge in [-0.1, -0.05) is 0 Å². The predicted molar refractivity (Wildman–Crippen MR) is 77.5 cm³/mol. The summed E-state index contributed by atoms with van der Waals surface area (Å²) in [5.74, 6) is -1.37. The van der Waals surface area contributed by atoms with Gasteiger partial charge in [0, 0.05) is 12.3 Å². The van der Waals surface area contributed by atoms with E-state index < -0.39 is 17.9 Å². The second-order valence-electron chi connectivity index (χ2n) is 4.30. The van der Waals surface area contributed by atoms with Gasteiger partial charge in [-0.25, -0.2) is 0 Å². The van der Waals surface area contributed by atoms with E-state index in [9.17, 15) is 9.59 Å². The van der Waals surface area contributed by atoms with Gasteiger partial charge in [-0.2, -0.15) is 0 Å². The maximum atomic E-state index is 11.8. The molecule has 1 aliphatic rings. The molecule has 1 heterocycles. The highest BCUT2D eigenvalue weighted by atomic mass is 16.7. The first-order chi connectivity index (χ1) is 10.7. The average molecular weight is 307 g/mol. The first-order valence-electron chi connectivity index (χ1n) is 6.92. The van der Waals surface area contributed by atoms with Gasteiger partial charge in [-0.15, -0.1) is 0 Å². The molecule has 2 rings (SSSR count). The molecular formula is C15H17NO6. The van der Waals surface area contributed by atoms with E-state index in [1.165, 1.54) is 6.21 Å². The Kier molecular flexibility index (Phi) is 5.35. The Morgan fingerprint density at radius 2 is 1.82 bits per heavy atom. The van der Waals surface area contributed by atoms with Crippen molar-refractivity contribution in [3.63, 3.8) is 0 Å². The number of hydrogen-bond acceptors (Lipinski definition) is 7. The molecule has 1 aromatic carbocycles. The number of benzene rings is 1. The van der Waals surface area contributed by atoms with Crippen molar-refractivity contribution in [1.29, 1.82) is 0 Å². The third-order valence-electron chi connectivity index (χ3n) is 2.81. The Morgan fingerprint density at radius 1 is 1.18 bits per heavy atom. The lowest BCUT2D eigenvalue weighted by Gasteiger charge is -2.10. The molecule has 1 aliphatic heterocycles. The fourth-order valence-electron chi connectivity index (χ4n) is 1.81. The predicted octanol–water partition coefficient (Wildman–Crippen LogP) is 1.86. The highest BCUT2D eigenvalue weighted by Gasteiger charge is 2.27. The smallest absolute Gasteiger partial charge is 0.325 e. The molecule has 0 aromatic heterocycles. The monoisotopic (exact) mass is 307 g/mol. The molecule has 0 saturated carbocycles. The molecule has 0 unspecified atom stereocenters. The lowest BCUT2D eigenvalue weighted by molar-refractivity contribution is -0.157. The molecule has 0 radical (unpaired) electrons. The fraction of sp³-hybridized carbons (Fsp3) is 0.400. The molecule has 0 spiro atoms. The van der Waals surface area contributed by atoms with E-state index in [-0.39, 0.29) is 20.0 Å². The van der Waals surface area contributed by atoms with Gasteiger partial charge < -0.3 is 18.9 Å². The van der Waals surface area contributed by atoms with Crippen molar-refractivity contribution in [1.82, 2.24) is 0 Å². The third-order valence-corrected chi connectivity index (χ3v) is 2.81. The molecule has 1 aromatic rings. The van der Waals surface area contributed by atoms with Gasteiger partial charge in [0.25, 0.3) is 0 Å². The van der Waals surface area contributed by atoms with Crippen molar-refractivity contribution in [2.75, 3.05) is 20.0 Å². The van der Waals surface area contributed by atoms with Gasteiger partial charge in [0.15, 0.2) is 17.4 Å². The van der Waals surface area contributed by atoms with Gasteiger partial charge in [0.05, 0.1) is 18.9 Å². The number of carbonyl (C=O) groups is 2. The summed E-state index contributed by atoms with van der Waals surface area (Å²) in [6.45, 7) is 3.83. The van der Waals surface area contributed by atoms with Crippen LogP contribution < -0.4 is 9.47 Å². The quantitative estimate of drug-likeness (QED) is 0.453. The van der Waals surface area contributed by atoms with E-state index in [0.717, 1.165) is 0 Å². The van der Waals surface area contributed by atoms with Gasteiger partial charge >= 0.3 is 11.9 Å². The van der Waals surface area contributed by atoms with Crippen molar-refractivity contribution in [2.45, 2.75) is 13.8 Å². The third kappa shape index (κ3) is 3.75. The summed E-state index contributed by atoms with van der Waals surface area (Å²) in [5.41, 5.74) is 0.530. The second kappa shape index (κ2) is 7.44. The van der Waals surface area contributed by atoms with Crippen LogP contribution >= 0.6 is 0 Å². The van der Waals surface area contributed by atoms with E-state index >= 15 is 0 Å². The van der Waals surface area contributed by atoms with Crippen LogP contribution in [-0.2, 0) is 19.1 Å². The number of fused-ring (bicyclic) bond motifs is 1. The molecular weight excluding hydrogens is 290 g/mol. The maximum absolute atomic E-state index is 11.8. The topological polar surface area (TPSA) is 83.4 Å². The van der Waals surface area contributed by atoms with Crippen LogP contribution in [0.3, 0.4) is 0 Å². The largest absolute Gasteiger partial charge is 0.465 e. The van der Waals surface area contributed by atoms with E-state index in [4.69, 9.17) is 18.9 Å². The summed E-state index contributed by atoms with van der Waals surface area (Å²) in [6.07, 6.45) is 1.22. The Labute approximate surface area is 127 Å². The van der Waals surface area contributed by atoms with Crippen LogP contribution in [0.4, 0.5) is 5.69 Å². The molecule has 0 saturated heterocycles. The van der Waals surface area contributed by atoms with Crippen LogP contribution in [0.5, 0.6) is 11.5 Å². The molecule has 22 heavy (non-hydrogen) atoms. The molecule has 0 N–H and O–H groups in total. The molecule has 0 bridgehead atoms. The van der Waals surface area contributed by atoms with E-state index in [2.05, 4.69) is 4.99 Å². The summed E-state index contributed by atoms with van der Waals surface area (Å²) < 4.78 is 20.2. The van der Waals surface area contributed by atoms with Crippen molar-refractivity contribution in [2.24, 2.45) is 10.9 Å².